The molecule has 0 saturated heterocycles. The Morgan fingerprint density at radius 3 is 2.91 bits per heavy atom. The fraction of sp³-hybridized carbons (Fsp3) is 0.174. The second kappa shape index (κ2) is 8.47. The molecule has 0 spiro atoms. The smallest absolute Gasteiger partial charge is 0.182 e. The number of aromatic nitrogens is 6. The molecule has 0 aliphatic rings. The van der Waals surface area contributed by atoms with Crippen LogP contribution < -0.4 is 5.32 Å². The Balaban J connectivity index is 1.55. The minimum absolute atomic E-state index is 0.398. The maximum absolute atomic E-state index is 14.1. The molecule has 0 fully saturated rings. The topological polar surface area (TPSA) is 92.3 Å². The molecule has 1 aromatic carbocycles. The molecule has 0 amide bonds. The molecule has 9 heteroatoms. The second-order valence-corrected chi connectivity index (χ2v) is 7.72. The van der Waals surface area contributed by atoms with E-state index in [0.717, 1.165) is 22.2 Å². The number of halogens is 2. The van der Waals surface area contributed by atoms with Crippen LogP contribution >= 0.6 is 11.6 Å². The summed E-state index contributed by atoms with van der Waals surface area (Å²) in [4.78, 5) is 24.8. The summed E-state index contributed by atoms with van der Waals surface area (Å²) < 4.78 is 14.1. The van der Waals surface area contributed by atoms with Gasteiger partial charge in [-0.15, -0.1) is 0 Å². The van der Waals surface area contributed by atoms with Crippen LogP contribution in [-0.4, -0.2) is 36.4 Å². The van der Waals surface area contributed by atoms with E-state index in [1.165, 1.54) is 18.6 Å². The van der Waals surface area contributed by atoms with E-state index < -0.39 is 5.82 Å². The maximum atomic E-state index is 14.1. The molecule has 0 aliphatic carbocycles. The van der Waals surface area contributed by atoms with Gasteiger partial charge in [-0.05, 0) is 36.6 Å². The number of pyridine rings is 2. The van der Waals surface area contributed by atoms with Crippen molar-refractivity contribution in [3.05, 3.63) is 71.3 Å². The normalized spacial score (nSPS) is 11.3. The van der Waals surface area contributed by atoms with Crippen LogP contribution in [-0.2, 0) is 12.8 Å². The Kier molecular flexibility index (Phi) is 5.36. The molecule has 160 valence electrons. The lowest BCUT2D eigenvalue weighted by atomic mass is 9.99. The number of rotatable bonds is 6. The molecule has 7 nitrogen and oxygen atoms in total. The zero-order valence-corrected chi connectivity index (χ0v) is 18.0. The average Bonchev–Trinajstić information content (AvgIpc) is 3.29. The summed E-state index contributed by atoms with van der Waals surface area (Å²) in [6.07, 6.45) is 5.59. The SMILES string of the molecule is CCc1ncc(F)cc1-c1nc2c(Cl)cccc2cc1CCNc1ncnc2nc[nH]c12. The molecule has 0 aliphatic heterocycles. The molecular formula is C23H19ClFN7. The Hall–Kier alpha value is -3.65. The monoisotopic (exact) mass is 447 g/mol. The molecule has 0 saturated carbocycles. The van der Waals surface area contributed by atoms with Crippen LogP contribution in [0.15, 0.2) is 49.2 Å². The highest BCUT2D eigenvalue weighted by molar-refractivity contribution is 6.35. The van der Waals surface area contributed by atoms with E-state index in [4.69, 9.17) is 16.6 Å². The molecule has 2 N–H and O–H groups in total. The highest BCUT2D eigenvalue weighted by Crippen LogP contribution is 2.31. The summed E-state index contributed by atoms with van der Waals surface area (Å²) in [7, 11) is 0. The van der Waals surface area contributed by atoms with Gasteiger partial charge >= 0.3 is 0 Å². The quantitative estimate of drug-likeness (QED) is 0.381. The number of anilines is 1. The molecule has 0 atom stereocenters. The first kappa shape index (κ1) is 20.3. The lowest BCUT2D eigenvalue weighted by Crippen LogP contribution is -2.09. The van der Waals surface area contributed by atoms with Crippen LogP contribution in [0.1, 0.15) is 18.2 Å². The van der Waals surface area contributed by atoms with Gasteiger partial charge in [-0.1, -0.05) is 30.7 Å². The van der Waals surface area contributed by atoms with E-state index in [9.17, 15) is 4.39 Å². The van der Waals surface area contributed by atoms with Crippen LogP contribution in [0.2, 0.25) is 5.02 Å². The molecule has 5 aromatic rings. The summed E-state index contributed by atoms with van der Waals surface area (Å²) in [5.74, 6) is 0.275. The third-order valence-electron chi connectivity index (χ3n) is 5.31. The number of aryl methyl sites for hydroxylation is 1. The summed E-state index contributed by atoms with van der Waals surface area (Å²) in [6.45, 7) is 2.57. The number of aromatic amines is 1. The molecule has 0 unspecified atom stereocenters. The molecule has 0 radical (unpaired) electrons. The van der Waals surface area contributed by atoms with E-state index in [0.29, 0.717) is 52.6 Å². The van der Waals surface area contributed by atoms with Gasteiger partial charge in [-0.25, -0.2) is 24.3 Å². The third-order valence-corrected chi connectivity index (χ3v) is 5.62. The van der Waals surface area contributed by atoms with Crippen molar-refractivity contribution in [2.75, 3.05) is 11.9 Å². The van der Waals surface area contributed by atoms with Crippen molar-refractivity contribution in [3.63, 3.8) is 0 Å². The van der Waals surface area contributed by atoms with E-state index >= 15 is 0 Å². The number of H-pyrrole nitrogens is 1. The Morgan fingerprint density at radius 2 is 2.03 bits per heavy atom. The largest absolute Gasteiger partial charge is 0.368 e. The zero-order valence-electron chi connectivity index (χ0n) is 17.2. The predicted octanol–water partition coefficient (Wildman–Crippen LogP) is 4.97. The average molecular weight is 448 g/mol. The molecule has 0 bridgehead atoms. The van der Waals surface area contributed by atoms with E-state index in [2.05, 4.69) is 36.3 Å². The van der Waals surface area contributed by atoms with Crippen molar-refractivity contribution in [3.8, 4) is 11.3 Å². The van der Waals surface area contributed by atoms with E-state index in [1.54, 1.807) is 12.4 Å². The van der Waals surface area contributed by atoms with E-state index in [1.807, 2.05) is 19.1 Å². The van der Waals surface area contributed by atoms with Gasteiger partial charge in [0.25, 0.3) is 0 Å². The summed E-state index contributed by atoms with van der Waals surface area (Å²) in [5, 5.41) is 4.82. The third kappa shape index (κ3) is 3.73. The highest BCUT2D eigenvalue weighted by Gasteiger charge is 2.16. The van der Waals surface area contributed by atoms with Crippen molar-refractivity contribution >= 4 is 39.5 Å². The Bertz CT molecular complexity index is 1430. The number of fused-ring (bicyclic) bond motifs is 2. The number of hydrogen-bond donors (Lipinski definition) is 2. The van der Waals surface area contributed by atoms with Gasteiger partial charge < -0.3 is 10.3 Å². The minimum atomic E-state index is -0.398. The van der Waals surface area contributed by atoms with Gasteiger partial charge in [0.05, 0.1) is 28.8 Å². The van der Waals surface area contributed by atoms with Crippen molar-refractivity contribution in [2.45, 2.75) is 19.8 Å². The van der Waals surface area contributed by atoms with Gasteiger partial charge in [0, 0.05) is 23.2 Å². The van der Waals surface area contributed by atoms with Gasteiger partial charge in [0.2, 0.25) is 0 Å². The van der Waals surface area contributed by atoms with Crippen molar-refractivity contribution in [1.82, 2.24) is 29.9 Å². The molecule has 5 rings (SSSR count). The summed E-state index contributed by atoms with van der Waals surface area (Å²) in [5.41, 5.74) is 5.15. The highest BCUT2D eigenvalue weighted by atomic mass is 35.5. The number of nitrogens with one attached hydrogen (secondary N) is 2. The van der Waals surface area contributed by atoms with Crippen LogP contribution in [0.25, 0.3) is 33.3 Å². The first-order chi connectivity index (χ1) is 15.6. The van der Waals surface area contributed by atoms with Crippen LogP contribution in [0, 0.1) is 5.82 Å². The molecule has 32 heavy (non-hydrogen) atoms. The zero-order chi connectivity index (χ0) is 22.1. The Morgan fingerprint density at radius 1 is 1.12 bits per heavy atom. The number of benzene rings is 1. The Labute approximate surface area is 188 Å². The van der Waals surface area contributed by atoms with Crippen molar-refractivity contribution in [1.29, 1.82) is 0 Å². The maximum Gasteiger partial charge on any atom is 0.182 e. The molecule has 4 heterocycles. The fourth-order valence-corrected chi connectivity index (χ4v) is 4.02. The lowest BCUT2D eigenvalue weighted by molar-refractivity contribution is 0.620. The van der Waals surface area contributed by atoms with Gasteiger partial charge in [-0.2, -0.15) is 0 Å². The first-order valence-corrected chi connectivity index (χ1v) is 10.6. The molecular weight excluding hydrogens is 429 g/mol. The fourth-order valence-electron chi connectivity index (χ4n) is 3.80. The van der Waals surface area contributed by atoms with Gasteiger partial charge in [0.1, 0.15) is 17.7 Å². The minimum Gasteiger partial charge on any atom is -0.368 e. The van der Waals surface area contributed by atoms with Crippen molar-refractivity contribution in [2.24, 2.45) is 0 Å². The summed E-state index contributed by atoms with van der Waals surface area (Å²) >= 11 is 6.41. The van der Waals surface area contributed by atoms with Crippen LogP contribution in [0.3, 0.4) is 0 Å². The molecule has 4 aromatic heterocycles. The van der Waals surface area contributed by atoms with Crippen molar-refractivity contribution < 1.29 is 4.39 Å². The van der Waals surface area contributed by atoms with Gasteiger partial charge in [0.15, 0.2) is 11.5 Å². The number of hydrogen-bond acceptors (Lipinski definition) is 6. The standard InChI is InChI=1S/C23H19ClFN7/c1-2-18-16(9-15(25)10-27-18)19-14(8-13-4-3-5-17(24)20(13)32-19)6-7-26-22-21-23(29-11-28-21)31-12-30-22/h3-5,8-12H,2,6-7H2,1H3,(H2,26,28,29,30,31). The summed E-state index contributed by atoms with van der Waals surface area (Å²) in [6, 6.07) is 9.22. The number of para-hydroxylation sites is 1. The number of imidazole rings is 1. The van der Waals surface area contributed by atoms with Crippen LogP contribution in [0.5, 0.6) is 0 Å². The lowest BCUT2D eigenvalue weighted by Gasteiger charge is -2.15. The second-order valence-electron chi connectivity index (χ2n) is 7.31. The van der Waals surface area contributed by atoms with Gasteiger partial charge in [-0.3, -0.25) is 4.98 Å². The van der Waals surface area contributed by atoms with Crippen LogP contribution in [0.4, 0.5) is 10.2 Å². The first-order valence-electron chi connectivity index (χ1n) is 10.2. The van der Waals surface area contributed by atoms with E-state index in [-0.39, 0.29) is 0 Å². The number of nitrogens with zero attached hydrogens (tertiary/aromatic N) is 5. The predicted molar refractivity (Wildman–Crippen MR) is 123 cm³/mol.